The lowest BCUT2D eigenvalue weighted by Crippen LogP contribution is -2.28. The first-order valence-electron chi connectivity index (χ1n) is 8.40. The Morgan fingerprint density at radius 3 is 2.67 bits per heavy atom. The number of nitrogens with one attached hydrogen (secondary N) is 1. The van der Waals surface area contributed by atoms with Crippen LogP contribution in [-0.2, 0) is 13.0 Å². The van der Waals surface area contributed by atoms with Gasteiger partial charge in [-0.2, -0.15) is 0 Å². The number of hydrogen-bond acceptors (Lipinski definition) is 4. The van der Waals surface area contributed by atoms with E-state index >= 15 is 0 Å². The van der Waals surface area contributed by atoms with Gasteiger partial charge in [0, 0.05) is 5.69 Å². The van der Waals surface area contributed by atoms with E-state index in [1.807, 2.05) is 24.3 Å². The molecule has 1 fully saturated rings. The summed E-state index contributed by atoms with van der Waals surface area (Å²) in [6.07, 6.45) is 6.57. The second kappa shape index (κ2) is 7.97. The lowest BCUT2D eigenvalue weighted by molar-refractivity contribution is 0.200. The van der Waals surface area contributed by atoms with Crippen LogP contribution in [0.3, 0.4) is 0 Å². The Bertz CT molecular complexity index is 634. The maximum atomic E-state index is 11.5. The number of benzene rings is 1. The topological polar surface area (TPSA) is 78.6 Å². The van der Waals surface area contributed by atoms with Crippen LogP contribution in [0.1, 0.15) is 30.6 Å². The van der Waals surface area contributed by atoms with E-state index in [-0.39, 0.29) is 6.54 Å². The van der Waals surface area contributed by atoms with E-state index in [2.05, 4.69) is 10.3 Å². The standard InChI is InChI=1S/C18H23N3O3/c22-18(23)21(12-17-11-20-13-24-17)16-5-3-14(4-6-16)1-2-15-7-9-19-10-8-15/h3-6,11,13,15,19H,1-2,7-10,12H2,(H,22,23). The predicted molar refractivity (Wildman–Crippen MR) is 91.1 cm³/mol. The van der Waals surface area contributed by atoms with Gasteiger partial charge in [-0.1, -0.05) is 12.1 Å². The van der Waals surface area contributed by atoms with Gasteiger partial charge in [0.05, 0.1) is 12.7 Å². The number of oxazole rings is 1. The minimum absolute atomic E-state index is 0.157. The van der Waals surface area contributed by atoms with Gasteiger partial charge in [0.1, 0.15) is 5.76 Å². The van der Waals surface area contributed by atoms with Crippen molar-refractivity contribution < 1.29 is 14.3 Å². The molecule has 0 bridgehead atoms. The number of aromatic nitrogens is 1. The zero-order valence-electron chi connectivity index (χ0n) is 13.6. The fraction of sp³-hybridized carbons (Fsp3) is 0.444. The van der Waals surface area contributed by atoms with Crippen molar-refractivity contribution in [3.8, 4) is 0 Å². The molecule has 1 aromatic carbocycles. The van der Waals surface area contributed by atoms with E-state index in [9.17, 15) is 9.90 Å². The Labute approximate surface area is 141 Å². The van der Waals surface area contributed by atoms with Gasteiger partial charge in [-0.3, -0.25) is 4.90 Å². The largest absolute Gasteiger partial charge is 0.465 e. The van der Waals surface area contributed by atoms with E-state index in [0.717, 1.165) is 25.4 Å². The number of carboxylic acid groups (broad SMARTS) is 1. The molecule has 2 N–H and O–H groups in total. The molecular formula is C18H23N3O3. The summed E-state index contributed by atoms with van der Waals surface area (Å²) in [5.74, 6) is 1.32. The highest BCUT2D eigenvalue weighted by Crippen LogP contribution is 2.22. The molecule has 0 aliphatic carbocycles. The minimum Gasteiger partial charge on any atom is -0.465 e. The van der Waals surface area contributed by atoms with Crippen LogP contribution in [0.15, 0.2) is 41.3 Å². The smallest absolute Gasteiger partial charge is 0.412 e. The molecule has 2 heterocycles. The summed E-state index contributed by atoms with van der Waals surface area (Å²) in [5, 5.41) is 12.8. The summed E-state index contributed by atoms with van der Waals surface area (Å²) < 4.78 is 5.14. The van der Waals surface area contributed by atoms with E-state index in [1.165, 1.54) is 42.3 Å². The van der Waals surface area contributed by atoms with Crippen LogP contribution in [0.5, 0.6) is 0 Å². The average Bonchev–Trinajstić information content (AvgIpc) is 3.12. The summed E-state index contributed by atoms with van der Waals surface area (Å²) in [6.45, 7) is 2.40. The highest BCUT2D eigenvalue weighted by molar-refractivity contribution is 5.85. The molecule has 1 amide bonds. The lowest BCUT2D eigenvalue weighted by Gasteiger charge is -2.22. The van der Waals surface area contributed by atoms with Gasteiger partial charge in [0.25, 0.3) is 0 Å². The Morgan fingerprint density at radius 2 is 2.04 bits per heavy atom. The van der Waals surface area contributed by atoms with E-state index in [4.69, 9.17) is 4.42 Å². The molecule has 0 saturated carbocycles. The van der Waals surface area contributed by atoms with Crippen LogP contribution in [0.25, 0.3) is 0 Å². The van der Waals surface area contributed by atoms with Crippen molar-refractivity contribution in [1.82, 2.24) is 10.3 Å². The molecular weight excluding hydrogens is 306 g/mol. The molecule has 1 aliphatic heterocycles. The first-order chi connectivity index (χ1) is 11.7. The first kappa shape index (κ1) is 16.5. The van der Waals surface area contributed by atoms with Crippen LogP contribution in [0.4, 0.5) is 10.5 Å². The monoisotopic (exact) mass is 329 g/mol. The fourth-order valence-electron chi connectivity index (χ4n) is 3.13. The fourth-order valence-corrected chi connectivity index (χ4v) is 3.13. The number of carbonyl (C=O) groups is 1. The van der Waals surface area contributed by atoms with Crippen LogP contribution in [-0.4, -0.2) is 29.3 Å². The predicted octanol–water partition coefficient (Wildman–Crippen LogP) is 3.29. The van der Waals surface area contributed by atoms with Crippen molar-refractivity contribution >= 4 is 11.8 Å². The molecule has 0 atom stereocenters. The lowest BCUT2D eigenvalue weighted by atomic mass is 9.91. The van der Waals surface area contributed by atoms with Crippen LogP contribution >= 0.6 is 0 Å². The Kier molecular flexibility index (Phi) is 5.48. The van der Waals surface area contributed by atoms with E-state index < -0.39 is 6.09 Å². The van der Waals surface area contributed by atoms with Gasteiger partial charge in [0.15, 0.2) is 6.39 Å². The maximum Gasteiger partial charge on any atom is 0.412 e. The summed E-state index contributed by atoms with van der Waals surface area (Å²) in [7, 11) is 0. The van der Waals surface area contributed by atoms with Crippen LogP contribution in [0, 0.1) is 5.92 Å². The van der Waals surface area contributed by atoms with Crippen molar-refractivity contribution in [1.29, 1.82) is 0 Å². The Morgan fingerprint density at radius 1 is 1.29 bits per heavy atom. The van der Waals surface area contributed by atoms with Crippen molar-refractivity contribution in [3.05, 3.63) is 48.2 Å². The number of anilines is 1. The van der Waals surface area contributed by atoms with Gasteiger partial charge in [0.2, 0.25) is 0 Å². The summed E-state index contributed by atoms with van der Waals surface area (Å²) in [6, 6.07) is 7.77. The molecule has 6 nitrogen and oxygen atoms in total. The first-order valence-corrected chi connectivity index (χ1v) is 8.40. The van der Waals surface area contributed by atoms with Crippen LogP contribution < -0.4 is 10.2 Å². The van der Waals surface area contributed by atoms with Crippen molar-refractivity contribution in [2.75, 3.05) is 18.0 Å². The maximum absolute atomic E-state index is 11.5. The summed E-state index contributed by atoms with van der Waals surface area (Å²) in [5.41, 5.74) is 1.90. The van der Waals surface area contributed by atoms with Gasteiger partial charge in [-0.15, -0.1) is 0 Å². The van der Waals surface area contributed by atoms with Gasteiger partial charge < -0.3 is 14.8 Å². The van der Waals surface area contributed by atoms with Gasteiger partial charge in [-0.25, -0.2) is 9.78 Å². The van der Waals surface area contributed by atoms with Gasteiger partial charge >= 0.3 is 6.09 Å². The zero-order chi connectivity index (χ0) is 16.8. The third-order valence-electron chi connectivity index (χ3n) is 4.58. The normalized spacial score (nSPS) is 15.3. The highest BCUT2D eigenvalue weighted by atomic mass is 16.4. The van der Waals surface area contributed by atoms with Crippen molar-refractivity contribution in [2.24, 2.45) is 5.92 Å². The van der Waals surface area contributed by atoms with Crippen LogP contribution in [0.2, 0.25) is 0 Å². The molecule has 3 rings (SSSR count). The number of aryl methyl sites for hydroxylation is 1. The van der Waals surface area contributed by atoms with E-state index in [0.29, 0.717) is 11.4 Å². The number of hydrogen-bond donors (Lipinski definition) is 2. The minimum atomic E-state index is -1.01. The Balaban J connectivity index is 1.60. The quantitative estimate of drug-likeness (QED) is 0.850. The number of rotatable bonds is 6. The third kappa shape index (κ3) is 4.35. The summed E-state index contributed by atoms with van der Waals surface area (Å²) in [4.78, 5) is 16.6. The number of nitrogens with zero attached hydrogens (tertiary/aromatic N) is 2. The molecule has 2 aromatic rings. The van der Waals surface area contributed by atoms with Crippen molar-refractivity contribution in [3.63, 3.8) is 0 Å². The van der Waals surface area contributed by atoms with Gasteiger partial charge in [-0.05, 0) is 62.4 Å². The molecule has 1 aliphatic rings. The summed E-state index contributed by atoms with van der Waals surface area (Å²) >= 11 is 0. The molecule has 1 saturated heterocycles. The molecule has 1 aromatic heterocycles. The highest BCUT2D eigenvalue weighted by Gasteiger charge is 2.17. The molecule has 6 heteroatoms. The van der Waals surface area contributed by atoms with E-state index in [1.54, 1.807) is 0 Å². The second-order valence-electron chi connectivity index (χ2n) is 6.23. The second-order valence-corrected chi connectivity index (χ2v) is 6.23. The molecule has 128 valence electrons. The number of piperidine rings is 1. The molecule has 0 radical (unpaired) electrons. The Hall–Kier alpha value is -2.34. The molecule has 0 spiro atoms. The average molecular weight is 329 g/mol. The third-order valence-corrected chi connectivity index (χ3v) is 4.58. The molecule has 24 heavy (non-hydrogen) atoms. The van der Waals surface area contributed by atoms with Crippen molar-refractivity contribution in [2.45, 2.75) is 32.2 Å². The number of amides is 1. The molecule has 0 unspecified atom stereocenters. The SMILES string of the molecule is O=C(O)N(Cc1cnco1)c1ccc(CCC2CCNCC2)cc1. The zero-order valence-corrected chi connectivity index (χ0v) is 13.6.